The highest BCUT2D eigenvalue weighted by Gasteiger charge is 2.29. The van der Waals surface area contributed by atoms with E-state index >= 15 is 4.39 Å². The second-order valence-corrected chi connectivity index (χ2v) is 8.48. The van der Waals surface area contributed by atoms with Gasteiger partial charge in [0.25, 0.3) is 0 Å². The maximum absolute atomic E-state index is 15.1. The fourth-order valence-corrected chi connectivity index (χ4v) is 4.14. The molecule has 0 unspecified atom stereocenters. The van der Waals surface area contributed by atoms with Crippen molar-refractivity contribution in [2.24, 2.45) is 0 Å². The molecule has 0 N–H and O–H groups in total. The van der Waals surface area contributed by atoms with Gasteiger partial charge in [0.05, 0.1) is 12.2 Å². The largest absolute Gasteiger partial charge is 0.494 e. The molecular weight excluding hydrogens is 459 g/mol. The van der Waals surface area contributed by atoms with Crippen LogP contribution in [0.3, 0.4) is 0 Å². The van der Waals surface area contributed by atoms with E-state index in [9.17, 15) is 17.6 Å². The van der Waals surface area contributed by atoms with Crippen LogP contribution in [-0.4, -0.2) is 6.61 Å². The van der Waals surface area contributed by atoms with E-state index in [1.807, 2.05) is 25.1 Å². The average molecular weight is 485 g/mol. The van der Waals surface area contributed by atoms with Crippen molar-refractivity contribution in [3.63, 3.8) is 0 Å². The van der Waals surface area contributed by atoms with Crippen molar-refractivity contribution >= 4 is 10.8 Å². The fraction of sp³-hybridized carbons (Fsp3) is 0.241. The van der Waals surface area contributed by atoms with Crippen molar-refractivity contribution in [2.45, 2.75) is 38.8 Å². The first kappa shape index (κ1) is 24.7. The quantitative estimate of drug-likeness (QED) is 0.230. The number of alkyl halides is 3. The first-order valence-corrected chi connectivity index (χ1v) is 11.5. The SMILES string of the molecule is CCOc1ccc(CCc2ccc3c(F)c(CCc4ccc(C(F)(F)F)cc4)ccc3c2)c(F)c1. The molecule has 0 spiro atoms. The van der Waals surface area contributed by atoms with E-state index in [4.69, 9.17) is 4.74 Å². The number of aryl methyl sites for hydroxylation is 4. The smallest absolute Gasteiger partial charge is 0.416 e. The van der Waals surface area contributed by atoms with Gasteiger partial charge in [-0.2, -0.15) is 13.2 Å². The third-order valence-electron chi connectivity index (χ3n) is 6.08. The molecule has 0 heterocycles. The third-order valence-corrected chi connectivity index (χ3v) is 6.08. The number of rotatable bonds is 8. The first-order chi connectivity index (χ1) is 16.7. The molecule has 0 aliphatic heterocycles. The number of benzene rings is 4. The summed E-state index contributed by atoms with van der Waals surface area (Å²) in [5.74, 6) is -0.122. The van der Waals surface area contributed by atoms with E-state index in [1.54, 1.807) is 24.3 Å². The lowest BCUT2D eigenvalue weighted by atomic mass is 9.97. The predicted molar refractivity (Wildman–Crippen MR) is 128 cm³/mol. The molecule has 0 aromatic heterocycles. The Hall–Kier alpha value is -3.41. The second kappa shape index (κ2) is 10.5. The lowest BCUT2D eigenvalue weighted by molar-refractivity contribution is -0.137. The Morgan fingerprint density at radius 2 is 1.34 bits per heavy atom. The molecule has 4 aromatic carbocycles. The summed E-state index contributed by atoms with van der Waals surface area (Å²) in [7, 11) is 0. The zero-order chi connectivity index (χ0) is 25.0. The van der Waals surface area contributed by atoms with Crippen molar-refractivity contribution in [3.05, 3.63) is 112 Å². The summed E-state index contributed by atoms with van der Waals surface area (Å²) in [4.78, 5) is 0. The molecule has 0 saturated carbocycles. The molecular formula is C29H25F5O. The standard InChI is InChI=1S/C29H25F5O/c1-2-35-25-15-12-21(27(30)18-25)8-4-20-7-16-26-23(17-20)11-10-22(28(26)31)9-3-19-5-13-24(14-6-19)29(32,33)34/h5-7,10-18H,2-4,8-9H2,1H3. The Kier molecular flexibility index (Phi) is 7.39. The summed E-state index contributed by atoms with van der Waals surface area (Å²) >= 11 is 0. The number of hydrogen-bond acceptors (Lipinski definition) is 1. The van der Waals surface area contributed by atoms with Crippen LogP contribution in [0.1, 0.15) is 34.7 Å². The van der Waals surface area contributed by atoms with Gasteiger partial charge >= 0.3 is 6.18 Å². The van der Waals surface area contributed by atoms with Crippen LogP contribution in [0.5, 0.6) is 5.75 Å². The Labute approximate surface area is 201 Å². The van der Waals surface area contributed by atoms with Gasteiger partial charge in [-0.3, -0.25) is 0 Å². The molecule has 0 aliphatic rings. The highest BCUT2D eigenvalue weighted by Crippen LogP contribution is 2.30. The Morgan fingerprint density at radius 1 is 0.686 bits per heavy atom. The van der Waals surface area contributed by atoms with Crippen molar-refractivity contribution in [1.82, 2.24) is 0 Å². The van der Waals surface area contributed by atoms with Gasteiger partial charge in [0.15, 0.2) is 0 Å². The van der Waals surface area contributed by atoms with Crippen LogP contribution in [0.25, 0.3) is 10.8 Å². The lowest BCUT2D eigenvalue weighted by Crippen LogP contribution is -2.04. The van der Waals surface area contributed by atoms with Crippen molar-refractivity contribution < 1.29 is 26.7 Å². The molecule has 1 nitrogen and oxygen atoms in total. The van der Waals surface area contributed by atoms with E-state index < -0.39 is 11.7 Å². The van der Waals surface area contributed by atoms with Gasteiger partial charge in [0.2, 0.25) is 0 Å². The highest BCUT2D eigenvalue weighted by atomic mass is 19.4. The van der Waals surface area contributed by atoms with E-state index in [0.29, 0.717) is 54.6 Å². The molecule has 0 radical (unpaired) electrons. The van der Waals surface area contributed by atoms with Crippen molar-refractivity contribution in [3.8, 4) is 5.75 Å². The van der Waals surface area contributed by atoms with Gasteiger partial charge < -0.3 is 4.74 Å². The molecule has 0 saturated heterocycles. The number of hydrogen-bond donors (Lipinski definition) is 0. The molecule has 6 heteroatoms. The van der Waals surface area contributed by atoms with Gasteiger partial charge in [0.1, 0.15) is 17.4 Å². The van der Waals surface area contributed by atoms with Crippen LogP contribution in [0.2, 0.25) is 0 Å². The van der Waals surface area contributed by atoms with Crippen LogP contribution in [-0.2, 0) is 31.9 Å². The van der Waals surface area contributed by atoms with E-state index in [2.05, 4.69) is 0 Å². The molecule has 0 bridgehead atoms. The van der Waals surface area contributed by atoms with Crippen LogP contribution in [0, 0.1) is 11.6 Å². The molecule has 35 heavy (non-hydrogen) atoms. The van der Waals surface area contributed by atoms with E-state index in [0.717, 1.165) is 28.6 Å². The van der Waals surface area contributed by atoms with E-state index in [1.165, 1.54) is 18.2 Å². The van der Waals surface area contributed by atoms with Gasteiger partial charge in [0, 0.05) is 11.5 Å². The molecule has 0 atom stereocenters. The van der Waals surface area contributed by atoms with E-state index in [-0.39, 0.29) is 11.6 Å². The van der Waals surface area contributed by atoms with Crippen LogP contribution < -0.4 is 4.74 Å². The zero-order valence-corrected chi connectivity index (χ0v) is 19.3. The van der Waals surface area contributed by atoms with Gasteiger partial charge in [-0.15, -0.1) is 0 Å². The summed E-state index contributed by atoms with van der Waals surface area (Å²) in [5.41, 5.74) is 2.11. The zero-order valence-electron chi connectivity index (χ0n) is 19.3. The predicted octanol–water partition coefficient (Wildman–Crippen LogP) is 8.11. The number of ether oxygens (including phenoxy) is 1. The second-order valence-electron chi connectivity index (χ2n) is 8.48. The van der Waals surface area contributed by atoms with Crippen LogP contribution >= 0.6 is 0 Å². The van der Waals surface area contributed by atoms with Gasteiger partial charge in [-0.1, -0.05) is 48.5 Å². The summed E-state index contributed by atoms with van der Waals surface area (Å²) < 4.78 is 72.9. The topological polar surface area (TPSA) is 9.23 Å². The molecule has 0 aliphatic carbocycles. The monoisotopic (exact) mass is 484 g/mol. The lowest BCUT2D eigenvalue weighted by Gasteiger charge is -2.10. The summed E-state index contributed by atoms with van der Waals surface area (Å²) in [6.07, 6.45) is -2.43. The Morgan fingerprint density at radius 3 is 2.03 bits per heavy atom. The maximum Gasteiger partial charge on any atom is 0.416 e. The van der Waals surface area contributed by atoms with Gasteiger partial charge in [-0.05, 0) is 78.4 Å². The Balaban J connectivity index is 1.43. The number of fused-ring (bicyclic) bond motifs is 1. The van der Waals surface area contributed by atoms with Crippen LogP contribution in [0.4, 0.5) is 22.0 Å². The molecule has 4 aromatic rings. The first-order valence-electron chi connectivity index (χ1n) is 11.5. The third kappa shape index (κ3) is 5.99. The summed E-state index contributed by atoms with van der Waals surface area (Å²) in [5, 5.41) is 1.25. The minimum absolute atomic E-state index is 0.305. The van der Waals surface area contributed by atoms with Crippen molar-refractivity contribution in [1.29, 1.82) is 0 Å². The Bertz CT molecular complexity index is 1310. The summed E-state index contributed by atoms with van der Waals surface area (Å²) in [6, 6.07) is 18.9. The minimum Gasteiger partial charge on any atom is -0.494 e. The van der Waals surface area contributed by atoms with Crippen molar-refractivity contribution in [2.75, 3.05) is 6.61 Å². The molecule has 0 fully saturated rings. The normalized spacial score (nSPS) is 11.7. The maximum atomic E-state index is 15.1. The molecule has 0 amide bonds. The summed E-state index contributed by atoms with van der Waals surface area (Å²) in [6.45, 7) is 2.32. The average Bonchev–Trinajstić information content (AvgIpc) is 2.83. The van der Waals surface area contributed by atoms with Crippen LogP contribution in [0.15, 0.2) is 72.8 Å². The molecule has 182 valence electrons. The minimum atomic E-state index is -4.37. The highest BCUT2D eigenvalue weighted by molar-refractivity contribution is 5.84. The molecule has 4 rings (SSSR count). The van der Waals surface area contributed by atoms with Gasteiger partial charge in [-0.25, -0.2) is 8.78 Å². The number of halogens is 5. The fourth-order valence-electron chi connectivity index (χ4n) is 4.14.